The van der Waals surface area contributed by atoms with Crippen molar-refractivity contribution in [3.8, 4) is 11.3 Å². The lowest BCUT2D eigenvalue weighted by Gasteiger charge is -2.28. The number of likely N-dealkylation sites (tertiary alicyclic amines) is 1. The third kappa shape index (κ3) is 5.35. The van der Waals surface area contributed by atoms with E-state index in [1.54, 1.807) is 0 Å². The maximum Gasteiger partial charge on any atom is 0.220 e. The molecule has 1 saturated heterocycles. The fraction of sp³-hybridized carbons (Fsp3) is 0.333. The van der Waals surface area contributed by atoms with Gasteiger partial charge in [-0.1, -0.05) is 30.3 Å². The van der Waals surface area contributed by atoms with E-state index in [4.69, 9.17) is 4.42 Å². The number of nitrogens with one attached hydrogen (secondary N) is 1. The average Bonchev–Trinajstić information content (AvgIpc) is 3.46. The lowest BCUT2D eigenvalue weighted by molar-refractivity contribution is -0.121. The van der Waals surface area contributed by atoms with Crippen LogP contribution in [0, 0.1) is 11.6 Å². The standard InChI is InChI=1S/C24H25F2N3O2/c25-18-8-9-19(20(26)14-18)22-16-28-24(31-22)11-10-23(30)27-15-21(29-12-4-5-13-29)17-6-2-1-3-7-17/h1-3,6-9,14,16,21H,4-5,10-13,15H2,(H,27,30). The van der Waals surface area contributed by atoms with Gasteiger partial charge in [0, 0.05) is 25.5 Å². The molecule has 0 radical (unpaired) electrons. The van der Waals surface area contributed by atoms with E-state index < -0.39 is 11.6 Å². The number of nitrogens with zero attached hydrogens (tertiary/aromatic N) is 2. The van der Waals surface area contributed by atoms with Crippen molar-refractivity contribution < 1.29 is 18.0 Å². The number of hydrogen-bond donors (Lipinski definition) is 1. The maximum absolute atomic E-state index is 13.9. The minimum atomic E-state index is -0.714. The fourth-order valence-corrected chi connectivity index (χ4v) is 3.95. The number of aryl methyl sites for hydroxylation is 1. The zero-order chi connectivity index (χ0) is 21.6. The van der Waals surface area contributed by atoms with E-state index in [9.17, 15) is 13.6 Å². The first-order chi connectivity index (χ1) is 15.1. The third-order valence-corrected chi connectivity index (χ3v) is 5.57. The van der Waals surface area contributed by atoms with Crippen LogP contribution in [0.5, 0.6) is 0 Å². The van der Waals surface area contributed by atoms with Crippen LogP contribution >= 0.6 is 0 Å². The highest BCUT2D eigenvalue weighted by Crippen LogP contribution is 2.25. The van der Waals surface area contributed by atoms with Gasteiger partial charge in [0.1, 0.15) is 11.6 Å². The monoisotopic (exact) mass is 425 g/mol. The van der Waals surface area contributed by atoms with E-state index in [0.717, 1.165) is 25.2 Å². The number of oxazole rings is 1. The van der Waals surface area contributed by atoms with Crippen molar-refractivity contribution in [2.24, 2.45) is 0 Å². The predicted octanol–water partition coefficient (Wildman–Crippen LogP) is 4.51. The van der Waals surface area contributed by atoms with Gasteiger partial charge in [0.25, 0.3) is 0 Å². The molecule has 4 rings (SSSR count). The Morgan fingerprint density at radius 3 is 2.65 bits per heavy atom. The molecule has 5 nitrogen and oxygen atoms in total. The van der Waals surface area contributed by atoms with Crippen LogP contribution in [0.2, 0.25) is 0 Å². The number of carbonyl (C=O) groups is 1. The Morgan fingerprint density at radius 1 is 1.13 bits per heavy atom. The first kappa shape index (κ1) is 21.2. The van der Waals surface area contributed by atoms with Gasteiger partial charge in [0.05, 0.1) is 17.8 Å². The molecule has 1 aliphatic heterocycles. The molecule has 2 aromatic carbocycles. The molecule has 7 heteroatoms. The average molecular weight is 425 g/mol. The molecule has 1 aromatic heterocycles. The summed E-state index contributed by atoms with van der Waals surface area (Å²) in [7, 11) is 0. The van der Waals surface area contributed by atoms with Gasteiger partial charge in [-0.15, -0.1) is 0 Å². The minimum Gasteiger partial charge on any atom is -0.441 e. The van der Waals surface area contributed by atoms with Crippen LogP contribution in [0.1, 0.15) is 36.8 Å². The molecule has 0 bridgehead atoms. The van der Waals surface area contributed by atoms with Crippen LogP contribution < -0.4 is 5.32 Å². The van der Waals surface area contributed by atoms with E-state index in [-0.39, 0.29) is 29.7 Å². The smallest absolute Gasteiger partial charge is 0.220 e. The Bertz CT molecular complexity index is 1020. The van der Waals surface area contributed by atoms with E-state index >= 15 is 0 Å². The van der Waals surface area contributed by atoms with Crippen molar-refractivity contribution in [1.82, 2.24) is 15.2 Å². The number of amides is 1. The number of halogens is 2. The maximum atomic E-state index is 13.9. The number of hydrogen-bond acceptors (Lipinski definition) is 4. The van der Waals surface area contributed by atoms with Gasteiger partial charge in [-0.2, -0.15) is 0 Å². The molecule has 1 aliphatic rings. The molecular weight excluding hydrogens is 400 g/mol. The van der Waals surface area contributed by atoms with Gasteiger partial charge in [-0.05, 0) is 43.6 Å². The van der Waals surface area contributed by atoms with Crippen LogP contribution in [0.25, 0.3) is 11.3 Å². The second-order valence-electron chi connectivity index (χ2n) is 7.72. The summed E-state index contributed by atoms with van der Waals surface area (Å²) in [5.41, 5.74) is 1.34. The molecule has 1 fully saturated rings. The highest BCUT2D eigenvalue weighted by molar-refractivity contribution is 5.76. The van der Waals surface area contributed by atoms with Crippen LogP contribution in [0.3, 0.4) is 0 Å². The van der Waals surface area contributed by atoms with E-state index in [2.05, 4.69) is 27.3 Å². The second kappa shape index (κ2) is 9.83. The van der Waals surface area contributed by atoms with E-state index in [1.807, 2.05) is 18.2 Å². The number of rotatable bonds is 8. The Labute approximate surface area is 180 Å². The fourth-order valence-electron chi connectivity index (χ4n) is 3.95. The number of aromatic nitrogens is 1. The van der Waals surface area contributed by atoms with Gasteiger partial charge in [-0.3, -0.25) is 9.69 Å². The normalized spacial score (nSPS) is 15.2. The third-order valence-electron chi connectivity index (χ3n) is 5.57. The minimum absolute atomic E-state index is 0.0900. The predicted molar refractivity (Wildman–Crippen MR) is 113 cm³/mol. The molecule has 31 heavy (non-hydrogen) atoms. The molecule has 0 aliphatic carbocycles. The number of benzene rings is 2. The first-order valence-electron chi connectivity index (χ1n) is 10.6. The second-order valence-corrected chi connectivity index (χ2v) is 7.72. The Morgan fingerprint density at radius 2 is 1.90 bits per heavy atom. The van der Waals surface area contributed by atoms with E-state index in [0.29, 0.717) is 18.9 Å². The van der Waals surface area contributed by atoms with Crippen LogP contribution in [-0.2, 0) is 11.2 Å². The molecule has 162 valence electrons. The van der Waals surface area contributed by atoms with Crippen molar-refractivity contribution >= 4 is 5.91 Å². The van der Waals surface area contributed by atoms with Gasteiger partial charge in [0.15, 0.2) is 11.7 Å². The summed E-state index contributed by atoms with van der Waals surface area (Å²) < 4.78 is 32.5. The lowest BCUT2D eigenvalue weighted by atomic mass is 10.1. The van der Waals surface area contributed by atoms with Gasteiger partial charge < -0.3 is 9.73 Å². The van der Waals surface area contributed by atoms with Crippen molar-refractivity contribution in [2.75, 3.05) is 19.6 Å². The molecule has 1 atom stereocenters. The first-order valence-corrected chi connectivity index (χ1v) is 10.6. The summed E-state index contributed by atoms with van der Waals surface area (Å²) >= 11 is 0. The van der Waals surface area contributed by atoms with Crippen molar-refractivity contribution in [3.63, 3.8) is 0 Å². The van der Waals surface area contributed by atoms with Gasteiger partial charge in [-0.25, -0.2) is 13.8 Å². The summed E-state index contributed by atoms with van der Waals surface area (Å²) in [6, 6.07) is 13.6. The highest BCUT2D eigenvalue weighted by atomic mass is 19.1. The largest absolute Gasteiger partial charge is 0.441 e. The molecule has 1 N–H and O–H groups in total. The van der Waals surface area contributed by atoms with Crippen LogP contribution in [0.4, 0.5) is 8.78 Å². The zero-order valence-electron chi connectivity index (χ0n) is 17.2. The zero-order valence-corrected chi connectivity index (χ0v) is 17.2. The van der Waals surface area contributed by atoms with Gasteiger partial charge in [0.2, 0.25) is 5.91 Å². The summed E-state index contributed by atoms with van der Waals surface area (Å²) in [6.45, 7) is 2.61. The molecule has 0 spiro atoms. The Balaban J connectivity index is 1.32. The molecule has 3 aromatic rings. The van der Waals surface area contributed by atoms with Crippen molar-refractivity contribution in [3.05, 3.63) is 77.8 Å². The highest BCUT2D eigenvalue weighted by Gasteiger charge is 2.23. The Hall–Kier alpha value is -3.06. The summed E-state index contributed by atoms with van der Waals surface area (Å²) in [5.74, 6) is -0.901. The van der Waals surface area contributed by atoms with Crippen molar-refractivity contribution in [2.45, 2.75) is 31.7 Å². The SMILES string of the molecule is O=C(CCc1ncc(-c2ccc(F)cc2F)o1)NCC(c1ccccc1)N1CCCC1. The van der Waals surface area contributed by atoms with Crippen LogP contribution in [0.15, 0.2) is 59.1 Å². The quantitative estimate of drug-likeness (QED) is 0.577. The van der Waals surface area contributed by atoms with Crippen LogP contribution in [-0.4, -0.2) is 35.4 Å². The molecule has 0 saturated carbocycles. The summed E-state index contributed by atoms with van der Waals surface area (Å²) in [6.07, 6.45) is 4.26. The molecular formula is C24H25F2N3O2. The topological polar surface area (TPSA) is 58.4 Å². The lowest BCUT2D eigenvalue weighted by Crippen LogP contribution is -2.36. The van der Waals surface area contributed by atoms with Gasteiger partial charge >= 0.3 is 0 Å². The Kier molecular flexibility index (Phi) is 6.72. The van der Waals surface area contributed by atoms with E-state index in [1.165, 1.54) is 30.7 Å². The molecule has 1 amide bonds. The van der Waals surface area contributed by atoms with Crippen molar-refractivity contribution in [1.29, 1.82) is 0 Å². The number of carbonyl (C=O) groups excluding carboxylic acids is 1. The molecule has 1 unspecified atom stereocenters. The summed E-state index contributed by atoms with van der Waals surface area (Å²) in [5, 5.41) is 3.03. The summed E-state index contributed by atoms with van der Waals surface area (Å²) in [4.78, 5) is 19.0. The molecule has 2 heterocycles.